The molecule has 0 aromatic heterocycles. The molecular formula is C11H16N2O6S. The Morgan fingerprint density at radius 3 is 2.50 bits per heavy atom. The third-order valence-corrected chi connectivity index (χ3v) is 3.54. The van der Waals surface area contributed by atoms with Crippen molar-refractivity contribution in [2.24, 2.45) is 0 Å². The predicted octanol–water partition coefficient (Wildman–Crippen LogP) is 1.40. The van der Waals surface area contributed by atoms with Crippen LogP contribution in [0.25, 0.3) is 0 Å². The van der Waals surface area contributed by atoms with Gasteiger partial charge in [0.1, 0.15) is 0 Å². The Labute approximate surface area is 116 Å². The molecule has 0 radical (unpaired) electrons. The summed E-state index contributed by atoms with van der Waals surface area (Å²) in [6.07, 6.45) is 0.213. The zero-order valence-corrected chi connectivity index (χ0v) is 11.7. The van der Waals surface area contributed by atoms with Crippen LogP contribution in [-0.2, 0) is 10.1 Å². The molecule has 9 heteroatoms. The van der Waals surface area contributed by atoms with E-state index < -0.39 is 20.8 Å². The van der Waals surface area contributed by atoms with E-state index in [-0.39, 0.29) is 17.9 Å². The van der Waals surface area contributed by atoms with Crippen LogP contribution >= 0.6 is 0 Å². The highest BCUT2D eigenvalue weighted by molar-refractivity contribution is 7.85. The quantitative estimate of drug-likeness (QED) is 0.443. The van der Waals surface area contributed by atoms with Gasteiger partial charge in [-0.25, -0.2) is 0 Å². The Hall–Kier alpha value is -1.87. The monoisotopic (exact) mass is 304 g/mol. The number of nitrogens with zero attached hydrogens (tertiary/aromatic N) is 2. The number of phenols is 1. The SMILES string of the molecule is CCN(CCCS(=O)(=O)O)c1ccc([N+](=O)[O-])c(O)c1. The van der Waals surface area contributed by atoms with Crippen LogP contribution in [0.4, 0.5) is 11.4 Å². The third kappa shape index (κ3) is 4.67. The molecule has 0 heterocycles. The van der Waals surface area contributed by atoms with Crippen LogP contribution in [0.3, 0.4) is 0 Å². The fourth-order valence-electron chi connectivity index (χ4n) is 1.77. The van der Waals surface area contributed by atoms with Gasteiger partial charge in [-0.3, -0.25) is 14.7 Å². The molecule has 0 bridgehead atoms. The molecule has 8 nitrogen and oxygen atoms in total. The highest BCUT2D eigenvalue weighted by Crippen LogP contribution is 2.30. The molecule has 112 valence electrons. The van der Waals surface area contributed by atoms with Crippen molar-refractivity contribution in [2.75, 3.05) is 23.7 Å². The number of benzene rings is 1. The van der Waals surface area contributed by atoms with Gasteiger partial charge in [-0.2, -0.15) is 8.42 Å². The maximum atomic E-state index is 10.6. The van der Waals surface area contributed by atoms with E-state index in [1.807, 2.05) is 6.92 Å². The summed E-state index contributed by atoms with van der Waals surface area (Å²) in [4.78, 5) is 11.7. The zero-order valence-electron chi connectivity index (χ0n) is 10.9. The summed E-state index contributed by atoms with van der Waals surface area (Å²) in [5, 5.41) is 20.1. The molecular weight excluding hydrogens is 288 g/mol. The predicted molar refractivity (Wildman–Crippen MR) is 73.7 cm³/mol. The van der Waals surface area contributed by atoms with E-state index in [0.717, 1.165) is 0 Å². The van der Waals surface area contributed by atoms with E-state index in [0.29, 0.717) is 18.8 Å². The number of rotatable bonds is 7. The Morgan fingerprint density at radius 1 is 1.40 bits per heavy atom. The fourth-order valence-corrected chi connectivity index (χ4v) is 2.26. The van der Waals surface area contributed by atoms with E-state index in [9.17, 15) is 23.6 Å². The van der Waals surface area contributed by atoms with Gasteiger partial charge >= 0.3 is 5.69 Å². The molecule has 0 fully saturated rings. The Bertz CT molecular complexity index is 587. The van der Waals surface area contributed by atoms with Crippen molar-refractivity contribution in [3.05, 3.63) is 28.3 Å². The minimum atomic E-state index is -4.00. The summed E-state index contributed by atoms with van der Waals surface area (Å²) in [7, 11) is -4.00. The first-order chi connectivity index (χ1) is 9.24. The lowest BCUT2D eigenvalue weighted by atomic mass is 10.2. The van der Waals surface area contributed by atoms with E-state index in [4.69, 9.17) is 4.55 Å². The molecule has 0 spiro atoms. The first-order valence-electron chi connectivity index (χ1n) is 5.92. The first kappa shape index (κ1) is 16.2. The molecule has 20 heavy (non-hydrogen) atoms. The number of anilines is 1. The van der Waals surface area contributed by atoms with Crippen molar-refractivity contribution < 1.29 is 23.0 Å². The molecule has 0 aliphatic rings. The van der Waals surface area contributed by atoms with Gasteiger partial charge in [-0.05, 0) is 19.4 Å². The molecule has 0 amide bonds. The normalized spacial score (nSPS) is 11.3. The van der Waals surface area contributed by atoms with Gasteiger partial charge in [0.15, 0.2) is 5.75 Å². The van der Waals surface area contributed by atoms with Crippen molar-refractivity contribution in [3.8, 4) is 5.75 Å². The van der Waals surface area contributed by atoms with Crippen LogP contribution < -0.4 is 4.90 Å². The largest absolute Gasteiger partial charge is 0.502 e. The van der Waals surface area contributed by atoms with Gasteiger partial charge < -0.3 is 10.0 Å². The average Bonchev–Trinajstić information content (AvgIpc) is 2.32. The van der Waals surface area contributed by atoms with E-state index in [2.05, 4.69) is 0 Å². The fraction of sp³-hybridized carbons (Fsp3) is 0.455. The molecule has 0 saturated heterocycles. The van der Waals surface area contributed by atoms with Crippen molar-refractivity contribution in [1.82, 2.24) is 0 Å². The Morgan fingerprint density at radius 2 is 2.05 bits per heavy atom. The van der Waals surface area contributed by atoms with Crippen LogP contribution in [0, 0.1) is 10.1 Å². The molecule has 0 saturated carbocycles. The molecule has 1 aromatic rings. The smallest absolute Gasteiger partial charge is 0.310 e. The topological polar surface area (TPSA) is 121 Å². The summed E-state index contributed by atoms with van der Waals surface area (Å²) >= 11 is 0. The zero-order chi connectivity index (χ0) is 15.3. The lowest BCUT2D eigenvalue weighted by Gasteiger charge is -2.22. The van der Waals surface area contributed by atoms with Crippen molar-refractivity contribution in [3.63, 3.8) is 0 Å². The summed E-state index contributed by atoms with van der Waals surface area (Å²) in [5.41, 5.74) is 0.161. The van der Waals surface area contributed by atoms with Gasteiger partial charge in [0.05, 0.1) is 10.7 Å². The first-order valence-corrected chi connectivity index (χ1v) is 7.53. The molecule has 0 atom stereocenters. The lowest BCUT2D eigenvalue weighted by molar-refractivity contribution is -0.385. The maximum absolute atomic E-state index is 10.6. The summed E-state index contributed by atoms with van der Waals surface area (Å²) in [5.74, 6) is -0.802. The Balaban J connectivity index is 2.80. The minimum absolute atomic E-state index is 0.213. The Kier molecular flexibility index (Phi) is 5.28. The lowest BCUT2D eigenvalue weighted by Crippen LogP contribution is -2.25. The van der Waals surface area contributed by atoms with Crippen molar-refractivity contribution in [1.29, 1.82) is 0 Å². The van der Waals surface area contributed by atoms with Gasteiger partial charge in [-0.15, -0.1) is 0 Å². The summed E-state index contributed by atoms with van der Waals surface area (Å²) < 4.78 is 29.9. The second-order valence-corrected chi connectivity index (χ2v) is 5.72. The highest BCUT2D eigenvalue weighted by atomic mass is 32.2. The van der Waals surface area contributed by atoms with Crippen molar-refractivity contribution >= 4 is 21.5 Å². The van der Waals surface area contributed by atoms with Gasteiger partial charge in [0.2, 0.25) is 0 Å². The number of hydrogen-bond donors (Lipinski definition) is 2. The number of nitro benzene ring substituents is 1. The highest BCUT2D eigenvalue weighted by Gasteiger charge is 2.15. The average molecular weight is 304 g/mol. The molecule has 1 aromatic carbocycles. The molecule has 0 aliphatic heterocycles. The second-order valence-electron chi connectivity index (χ2n) is 4.15. The van der Waals surface area contributed by atoms with Crippen LogP contribution in [0.1, 0.15) is 13.3 Å². The number of hydrogen-bond acceptors (Lipinski definition) is 6. The van der Waals surface area contributed by atoms with Crippen LogP contribution in [-0.4, -0.2) is 41.8 Å². The van der Waals surface area contributed by atoms with Crippen LogP contribution in [0.2, 0.25) is 0 Å². The molecule has 0 aliphatic carbocycles. The summed E-state index contributed by atoms with van der Waals surface area (Å²) in [6, 6.07) is 3.93. The van der Waals surface area contributed by atoms with Gasteiger partial charge in [0, 0.05) is 30.9 Å². The standard InChI is InChI=1S/C11H16N2O6S/c1-2-12(6-3-7-20(17,18)19)9-4-5-10(13(15)16)11(14)8-9/h4-5,8,14H,2-3,6-7H2,1H3,(H,17,18,19). The van der Waals surface area contributed by atoms with E-state index in [1.54, 1.807) is 4.90 Å². The van der Waals surface area contributed by atoms with E-state index in [1.165, 1.54) is 18.2 Å². The molecule has 2 N–H and O–H groups in total. The number of nitro groups is 1. The van der Waals surface area contributed by atoms with Crippen molar-refractivity contribution in [2.45, 2.75) is 13.3 Å². The summed E-state index contributed by atoms with van der Waals surface area (Å²) in [6.45, 7) is 2.70. The maximum Gasteiger partial charge on any atom is 0.310 e. The third-order valence-electron chi connectivity index (χ3n) is 2.73. The van der Waals surface area contributed by atoms with E-state index >= 15 is 0 Å². The van der Waals surface area contributed by atoms with Gasteiger partial charge in [-0.1, -0.05) is 0 Å². The number of phenolic OH excluding ortho intramolecular Hbond substituents is 1. The van der Waals surface area contributed by atoms with Crippen LogP contribution in [0.5, 0.6) is 5.75 Å². The van der Waals surface area contributed by atoms with Gasteiger partial charge in [0.25, 0.3) is 10.1 Å². The molecule has 1 rings (SSSR count). The number of aromatic hydroxyl groups is 1. The van der Waals surface area contributed by atoms with Crippen LogP contribution in [0.15, 0.2) is 18.2 Å². The second kappa shape index (κ2) is 6.53. The minimum Gasteiger partial charge on any atom is -0.502 e. The molecule has 0 unspecified atom stereocenters.